The van der Waals surface area contributed by atoms with Crippen LogP contribution in [-0.4, -0.2) is 27.1 Å². The van der Waals surface area contributed by atoms with E-state index in [0.29, 0.717) is 12.4 Å². The van der Waals surface area contributed by atoms with Crippen LogP contribution in [0.1, 0.15) is 6.92 Å². The fraction of sp³-hybridized carbons (Fsp3) is 0.167. The molecule has 0 aliphatic heterocycles. The highest BCUT2D eigenvalue weighted by atomic mass is 16.6. The molecule has 0 radical (unpaired) electrons. The maximum Gasteiger partial charge on any atom is 0.284 e. The van der Waals surface area contributed by atoms with E-state index in [1.165, 1.54) is 0 Å². The van der Waals surface area contributed by atoms with E-state index < -0.39 is 0 Å². The Morgan fingerprint density at radius 1 is 1.25 bits per heavy atom. The maximum atomic E-state index is 5.57. The van der Waals surface area contributed by atoms with Crippen LogP contribution >= 0.6 is 0 Å². The van der Waals surface area contributed by atoms with Crippen molar-refractivity contribution in [3.8, 4) is 28.7 Å². The standard InChI is InChI=1S/C12H11N5O3/c1-2-18-8-5-3-4-7(6-8)11-14-12(19-17-11)9-10(13)16-20-15-9/h3-6H,2H2,1H3,(H2,13,16). The lowest BCUT2D eigenvalue weighted by atomic mass is 10.2. The average Bonchev–Trinajstić information content (AvgIpc) is 3.08. The molecule has 0 unspecified atom stereocenters. The van der Waals surface area contributed by atoms with Gasteiger partial charge in [-0.3, -0.25) is 0 Å². The van der Waals surface area contributed by atoms with Crippen molar-refractivity contribution in [2.75, 3.05) is 12.3 Å². The van der Waals surface area contributed by atoms with Crippen molar-refractivity contribution in [1.82, 2.24) is 20.5 Å². The molecule has 3 rings (SSSR count). The molecule has 0 amide bonds. The SMILES string of the molecule is CCOc1cccc(-c2noc(-c3nonc3N)n2)c1. The predicted molar refractivity (Wildman–Crippen MR) is 68.6 cm³/mol. The molecule has 0 spiro atoms. The lowest BCUT2D eigenvalue weighted by Crippen LogP contribution is -1.91. The van der Waals surface area contributed by atoms with Gasteiger partial charge >= 0.3 is 0 Å². The highest BCUT2D eigenvalue weighted by Gasteiger charge is 2.17. The minimum absolute atomic E-state index is 0.100. The zero-order valence-corrected chi connectivity index (χ0v) is 10.6. The number of hydrogen-bond acceptors (Lipinski definition) is 8. The summed E-state index contributed by atoms with van der Waals surface area (Å²) in [5.74, 6) is 1.40. The molecule has 8 heteroatoms. The minimum atomic E-state index is 0.100. The summed E-state index contributed by atoms with van der Waals surface area (Å²) in [6.07, 6.45) is 0. The van der Waals surface area contributed by atoms with Crippen molar-refractivity contribution in [1.29, 1.82) is 0 Å². The number of benzene rings is 1. The number of nitrogen functional groups attached to an aromatic ring is 1. The van der Waals surface area contributed by atoms with Crippen LogP contribution in [0.25, 0.3) is 23.0 Å². The second-order valence-corrected chi connectivity index (χ2v) is 3.88. The molecule has 0 bridgehead atoms. The van der Waals surface area contributed by atoms with Crippen LogP contribution < -0.4 is 10.5 Å². The first-order valence-corrected chi connectivity index (χ1v) is 5.93. The largest absolute Gasteiger partial charge is 0.494 e. The van der Waals surface area contributed by atoms with Crippen LogP contribution in [0.4, 0.5) is 5.82 Å². The van der Waals surface area contributed by atoms with Gasteiger partial charge < -0.3 is 15.0 Å². The van der Waals surface area contributed by atoms with E-state index in [1.807, 2.05) is 31.2 Å². The summed E-state index contributed by atoms with van der Waals surface area (Å²) < 4.78 is 15.0. The molecule has 102 valence electrons. The first-order chi connectivity index (χ1) is 9.78. The van der Waals surface area contributed by atoms with Crippen molar-refractivity contribution >= 4 is 5.82 Å². The fourth-order valence-corrected chi connectivity index (χ4v) is 1.67. The van der Waals surface area contributed by atoms with Gasteiger partial charge in [-0.2, -0.15) is 4.98 Å². The molecule has 0 aliphatic carbocycles. The molecular formula is C12H11N5O3. The van der Waals surface area contributed by atoms with Crippen molar-refractivity contribution in [3.63, 3.8) is 0 Å². The molecule has 0 fully saturated rings. The maximum absolute atomic E-state index is 5.57. The van der Waals surface area contributed by atoms with Crippen LogP contribution in [0.2, 0.25) is 0 Å². The summed E-state index contributed by atoms with van der Waals surface area (Å²) >= 11 is 0. The lowest BCUT2D eigenvalue weighted by Gasteiger charge is -2.02. The van der Waals surface area contributed by atoms with Gasteiger partial charge in [0, 0.05) is 5.56 Å². The number of aromatic nitrogens is 4. The Balaban J connectivity index is 1.94. The van der Waals surface area contributed by atoms with Gasteiger partial charge in [0.1, 0.15) is 5.75 Å². The molecular weight excluding hydrogens is 262 g/mol. The van der Waals surface area contributed by atoms with Gasteiger partial charge in [0.15, 0.2) is 0 Å². The monoisotopic (exact) mass is 273 g/mol. The predicted octanol–water partition coefficient (Wildman–Crippen LogP) is 1.77. The third-order valence-electron chi connectivity index (χ3n) is 2.55. The number of anilines is 1. The second kappa shape index (κ2) is 5.00. The molecule has 2 aromatic heterocycles. The van der Waals surface area contributed by atoms with Crippen LogP contribution in [0.5, 0.6) is 5.75 Å². The Morgan fingerprint density at radius 2 is 2.15 bits per heavy atom. The van der Waals surface area contributed by atoms with Gasteiger partial charge in [0.05, 0.1) is 6.61 Å². The smallest absolute Gasteiger partial charge is 0.284 e. The van der Waals surface area contributed by atoms with Crippen molar-refractivity contribution in [3.05, 3.63) is 24.3 Å². The highest BCUT2D eigenvalue weighted by molar-refractivity contribution is 5.64. The molecule has 0 saturated heterocycles. The Morgan fingerprint density at radius 3 is 2.90 bits per heavy atom. The van der Waals surface area contributed by atoms with E-state index in [0.717, 1.165) is 11.3 Å². The van der Waals surface area contributed by atoms with Gasteiger partial charge in [-0.15, -0.1) is 0 Å². The van der Waals surface area contributed by atoms with E-state index in [1.54, 1.807) is 0 Å². The molecule has 2 heterocycles. The Bertz CT molecular complexity index is 721. The van der Waals surface area contributed by atoms with Crippen molar-refractivity contribution < 1.29 is 13.9 Å². The summed E-state index contributed by atoms with van der Waals surface area (Å²) in [5, 5.41) is 10.9. The lowest BCUT2D eigenvalue weighted by molar-refractivity contribution is 0.308. The average molecular weight is 273 g/mol. The number of hydrogen-bond donors (Lipinski definition) is 1. The van der Waals surface area contributed by atoms with E-state index in [2.05, 4.69) is 25.1 Å². The number of nitrogens with zero attached hydrogens (tertiary/aromatic N) is 4. The Kier molecular flexibility index (Phi) is 3.04. The molecule has 0 saturated carbocycles. The first kappa shape index (κ1) is 12.2. The summed E-state index contributed by atoms with van der Waals surface area (Å²) in [6, 6.07) is 7.38. The molecule has 20 heavy (non-hydrogen) atoms. The molecule has 0 aliphatic rings. The number of nitrogens with two attached hydrogens (primary N) is 1. The fourth-order valence-electron chi connectivity index (χ4n) is 1.67. The summed E-state index contributed by atoms with van der Waals surface area (Å²) in [6.45, 7) is 2.50. The molecule has 3 aromatic rings. The number of rotatable bonds is 4. The number of ether oxygens (including phenoxy) is 1. The molecule has 1 aromatic carbocycles. The quantitative estimate of drug-likeness (QED) is 0.765. The van der Waals surface area contributed by atoms with Crippen molar-refractivity contribution in [2.24, 2.45) is 0 Å². The second-order valence-electron chi connectivity index (χ2n) is 3.88. The normalized spacial score (nSPS) is 10.7. The van der Waals surface area contributed by atoms with Gasteiger partial charge in [-0.1, -0.05) is 17.3 Å². The van der Waals surface area contributed by atoms with Gasteiger partial charge in [0.25, 0.3) is 5.89 Å². The van der Waals surface area contributed by atoms with E-state index >= 15 is 0 Å². The molecule has 2 N–H and O–H groups in total. The third kappa shape index (κ3) is 2.18. The van der Waals surface area contributed by atoms with E-state index in [4.69, 9.17) is 15.0 Å². The van der Waals surface area contributed by atoms with Crippen LogP contribution in [0, 0.1) is 0 Å². The molecule has 8 nitrogen and oxygen atoms in total. The van der Waals surface area contributed by atoms with Crippen LogP contribution in [-0.2, 0) is 0 Å². The van der Waals surface area contributed by atoms with Gasteiger partial charge in [0.2, 0.25) is 17.3 Å². The van der Waals surface area contributed by atoms with E-state index in [9.17, 15) is 0 Å². The highest BCUT2D eigenvalue weighted by Crippen LogP contribution is 2.25. The summed E-state index contributed by atoms with van der Waals surface area (Å²) in [5.41, 5.74) is 6.56. The summed E-state index contributed by atoms with van der Waals surface area (Å²) in [4.78, 5) is 4.21. The topological polar surface area (TPSA) is 113 Å². The minimum Gasteiger partial charge on any atom is -0.494 e. The van der Waals surface area contributed by atoms with Gasteiger partial charge in [-0.25, -0.2) is 4.63 Å². The van der Waals surface area contributed by atoms with Gasteiger partial charge in [-0.05, 0) is 29.4 Å². The zero-order valence-electron chi connectivity index (χ0n) is 10.6. The first-order valence-electron chi connectivity index (χ1n) is 5.93. The summed E-state index contributed by atoms with van der Waals surface area (Å²) in [7, 11) is 0. The Labute approximate surface area is 113 Å². The van der Waals surface area contributed by atoms with Crippen LogP contribution in [0.15, 0.2) is 33.4 Å². The van der Waals surface area contributed by atoms with E-state index in [-0.39, 0.29) is 17.4 Å². The third-order valence-corrected chi connectivity index (χ3v) is 2.55. The zero-order chi connectivity index (χ0) is 13.9. The Hall–Kier alpha value is -2.90. The van der Waals surface area contributed by atoms with Crippen molar-refractivity contribution in [2.45, 2.75) is 6.92 Å². The van der Waals surface area contributed by atoms with Crippen LogP contribution in [0.3, 0.4) is 0 Å². The molecule has 0 atom stereocenters.